The first kappa shape index (κ1) is 48.4. The lowest BCUT2D eigenvalue weighted by molar-refractivity contribution is -0.132. The fraction of sp³-hybridized carbons (Fsp3) is 0.735. The van der Waals surface area contributed by atoms with Crippen molar-refractivity contribution in [3.05, 3.63) is 53.1 Å². The van der Waals surface area contributed by atoms with Crippen molar-refractivity contribution in [3.8, 4) is 12.3 Å². The number of halogens is 2. The van der Waals surface area contributed by atoms with Gasteiger partial charge in [-0.3, -0.25) is 19.4 Å². The number of rotatable bonds is 24. The van der Waals surface area contributed by atoms with Crippen LogP contribution in [0.4, 0.5) is 8.78 Å². The molecule has 2 unspecified atom stereocenters. The summed E-state index contributed by atoms with van der Waals surface area (Å²) in [6.45, 7) is 14.4. The Labute approximate surface area is 379 Å². The van der Waals surface area contributed by atoms with Crippen LogP contribution < -0.4 is 5.32 Å². The van der Waals surface area contributed by atoms with Gasteiger partial charge in [0.05, 0.1) is 64.5 Å². The lowest BCUT2D eigenvalue weighted by Gasteiger charge is -2.41. The molecule has 2 bridgehead atoms. The number of aromatic nitrogens is 2. The third-order valence-electron chi connectivity index (χ3n) is 14.3. The van der Waals surface area contributed by atoms with Crippen LogP contribution in [-0.2, 0) is 41.5 Å². The zero-order valence-electron chi connectivity index (χ0n) is 38.2. The third-order valence-corrected chi connectivity index (χ3v) is 14.3. The topological polar surface area (TPSA) is 114 Å². The second-order valence-corrected chi connectivity index (χ2v) is 18.5. The van der Waals surface area contributed by atoms with Gasteiger partial charge in [0.25, 0.3) is 0 Å². The number of fused-ring (bicyclic) bond motifs is 3. The number of piperidine rings is 1. The van der Waals surface area contributed by atoms with E-state index in [9.17, 15) is 18.4 Å². The van der Waals surface area contributed by atoms with E-state index >= 15 is 0 Å². The van der Waals surface area contributed by atoms with Crippen LogP contribution in [0, 0.1) is 25.2 Å². The zero-order chi connectivity index (χ0) is 44.7. The van der Waals surface area contributed by atoms with Crippen LogP contribution in [0.1, 0.15) is 105 Å². The Morgan fingerprint density at radius 1 is 0.828 bits per heavy atom. The summed E-state index contributed by atoms with van der Waals surface area (Å²) < 4.78 is 52.1. The molecule has 64 heavy (non-hydrogen) atoms. The SMILES string of the molecule is C#CCOCCOCCOCCOCCN1CCN(CCCC(=O)N2CCc3c(nc(C)n3C3CC4CCC(C3)N4CC[C@H](NC(=O)C3CCC(F)(F)CC3)c3ccccc3)C2)CC1. The van der Waals surface area contributed by atoms with Crippen LogP contribution >= 0.6 is 0 Å². The Morgan fingerprint density at radius 2 is 1.45 bits per heavy atom. The molecule has 5 heterocycles. The van der Waals surface area contributed by atoms with Crippen molar-refractivity contribution in [1.29, 1.82) is 0 Å². The highest BCUT2D eigenvalue weighted by Crippen LogP contribution is 2.43. The molecule has 0 spiro atoms. The quantitative estimate of drug-likeness (QED) is 0.109. The van der Waals surface area contributed by atoms with E-state index in [1.54, 1.807) is 0 Å². The highest BCUT2D eigenvalue weighted by atomic mass is 19.3. The van der Waals surface area contributed by atoms with E-state index in [0.29, 0.717) is 83.9 Å². The first-order valence-corrected chi connectivity index (χ1v) is 24.2. The number of alkyl halides is 2. The van der Waals surface area contributed by atoms with Gasteiger partial charge in [0, 0.05) is 101 Å². The molecule has 3 atom stereocenters. The van der Waals surface area contributed by atoms with Crippen molar-refractivity contribution in [1.82, 2.24) is 34.5 Å². The Bertz CT molecular complexity index is 1780. The molecule has 13 nitrogen and oxygen atoms in total. The molecule has 2 amide bonds. The molecule has 1 N–H and O–H groups in total. The number of imidazole rings is 1. The lowest BCUT2D eigenvalue weighted by Crippen LogP contribution is -2.47. The molecule has 1 aliphatic carbocycles. The standard InChI is InChI=1S/C49H73F2N7O6/c1-3-27-61-29-31-63-33-34-64-32-30-62-28-26-55-24-22-54(23-25-55)19-7-10-47(59)56-20-16-46-45(37-56)52-38(2)58(46)43-35-41-11-12-42(36-43)57(41)21-15-44(39-8-5-4-6-9-39)53-48(60)40-13-17-49(50,51)18-14-40/h1,4-6,8-9,40-44H,7,10-37H2,2H3,(H,53,60)/t41?,42?,43?,44-/m0/s1. The van der Waals surface area contributed by atoms with Gasteiger partial charge in [-0.25, -0.2) is 13.8 Å². The van der Waals surface area contributed by atoms with Gasteiger partial charge in [-0.05, 0) is 70.4 Å². The van der Waals surface area contributed by atoms with Crippen molar-refractivity contribution < 1.29 is 37.3 Å². The summed E-state index contributed by atoms with van der Waals surface area (Å²) in [6, 6.07) is 11.3. The molecule has 7 rings (SSSR count). The zero-order valence-corrected chi connectivity index (χ0v) is 38.2. The molecule has 4 fully saturated rings. The average molecular weight is 894 g/mol. The highest BCUT2D eigenvalue weighted by molar-refractivity contribution is 5.79. The molecule has 1 saturated carbocycles. The number of nitrogens with zero attached hydrogens (tertiary/aromatic N) is 6. The molecule has 5 aliphatic rings. The van der Waals surface area contributed by atoms with Crippen molar-refractivity contribution >= 4 is 11.8 Å². The van der Waals surface area contributed by atoms with E-state index in [1.807, 2.05) is 23.1 Å². The van der Waals surface area contributed by atoms with Gasteiger partial charge >= 0.3 is 0 Å². The lowest BCUT2D eigenvalue weighted by atomic mass is 9.86. The maximum atomic E-state index is 13.8. The van der Waals surface area contributed by atoms with Crippen molar-refractivity contribution in [2.75, 3.05) is 105 Å². The third kappa shape index (κ3) is 13.8. The van der Waals surface area contributed by atoms with E-state index in [1.165, 1.54) is 18.5 Å². The van der Waals surface area contributed by atoms with Crippen LogP contribution in [0.2, 0.25) is 0 Å². The maximum Gasteiger partial charge on any atom is 0.248 e. The molecule has 4 aliphatic heterocycles. The van der Waals surface area contributed by atoms with E-state index in [2.05, 4.69) is 49.6 Å². The number of nitrogens with one attached hydrogen (secondary N) is 1. The summed E-state index contributed by atoms with van der Waals surface area (Å²) >= 11 is 0. The Hall–Kier alpha value is -3.49. The Kier molecular flexibility index (Phi) is 18.4. The minimum absolute atomic E-state index is 0.0898. The molecular weight excluding hydrogens is 821 g/mol. The van der Waals surface area contributed by atoms with Gasteiger partial charge in [-0.1, -0.05) is 36.3 Å². The molecule has 2 aromatic rings. The fourth-order valence-electron chi connectivity index (χ4n) is 10.8. The monoisotopic (exact) mass is 894 g/mol. The molecule has 3 saturated heterocycles. The number of benzene rings is 1. The van der Waals surface area contributed by atoms with Crippen LogP contribution in [0.15, 0.2) is 30.3 Å². The first-order valence-electron chi connectivity index (χ1n) is 24.2. The average Bonchev–Trinajstić information content (AvgIpc) is 3.76. The van der Waals surface area contributed by atoms with Gasteiger partial charge in [0.2, 0.25) is 17.7 Å². The molecule has 15 heteroatoms. The van der Waals surface area contributed by atoms with Gasteiger partial charge in [-0.2, -0.15) is 0 Å². The summed E-state index contributed by atoms with van der Waals surface area (Å²) in [6.07, 6.45) is 12.7. The number of aryl methyl sites for hydroxylation is 1. The number of piperazine rings is 1. The van der Waals surface area contributed by atoms with E-state index in [0.717, 1.165) is 102 Å². The van der Waals surface area contributed by atoms with E-state index in [4.69, 9.17) is 30.4 Å². The predicted molar refractivity (Wildman–Crippen MR) is 241 cm³/mol. The number of carbonyl (C=O) groups excluding carboxylic acids is 2. The number of amides is 2. The Balaban J connectivity index is 0.784. The maximum absolute atomic E-state index is 13.8. The summed E-state index contributed by atoms with van der Waals surface area (Å²) in [4.78, 5) is 41.5. The number of terminal acetylenes is 1. The van der Waals surface area contributed by atoms with Gasteiger partial charge < -0.3 is 38.6 Å². The molecule has 354 valence electrons. The van der Waals surface area contributed by atoms with E-state index < -0.39 is 5.92 Å². The summed E-state index contributed by atoms with van der Waals surface area (Å²) in [5.41, 5.74) is 3.44. The Morgan fingerprint density at radius 3 is 2.11 bits per heavy atom. The van der Waals surface area contributed by atoms with Crippen LogP contribution in [0.3, 0.4) is 0 Å². The summed E-state index contributed by atoms with van der Waals surface area (Å²) in [7, 11) is 0. The van der Waals surface area contributed by atoms with Crippen LogP contribution in [-0.4, -0.2) is 164 Å². The molecule has 1 aromatic carbocycles. The van der Waals surface area contributed by atoms with Crippen LogP contribution in [0.25, 0.3) is 0 Å². The van der Waals surface area contributed by atoms with Gasteiger partial charge in [0.1, 0.15) is 12.4 Å². The first-order chi connectivity index (χ1) is 31.2. The minimum atomic E-state index is -2.65. The molecule has 1 aromatic heterocycles. The summed E-state index contributed by atoms with van der Waals surface area (Å²) in [5, 5.41) is 3.28. The smallest absolute Gasteiger partial charge is 0.248 e. The highest BCUT2D eigenvalue weighted by Gasteiger charge is 2.43. The second kappa shape index (κ2) is 24.3. The fourth-order valence-corrected chi connectivity index (χ4v) is 10.8. The minimum Gasteiger partial charge on any atom is -0.378 e. The number of hydrogen-bond donors (Lipinski definition) is 1. The van der Waals surface area contributed by atoms with Crippen molar-refractivity contribution in [2.24, 2.45) is 5.92 Å². The van der Waals surface area contributed by atoms with E-state index in [-0.39, 0.29) is 49.5 Å². The normalized spacial score (nSPS) is 23.5. The van der Waals surface area contributed by atoms with Crippen molar-refractivity contribution in [2.45, 2.75) is 121 Å². The second-order valence-electron chi connectivity index (χ2n) is 18.5. The molecular formula is C49H73F2N7O6. The largest absolute Gasteiger partial charge is 0.378 e. The van der Waals surface area contributed by atoms with Gasteiger partial charge in [-0.15, -0.1) is 6.42 Å². The van der Waals surface area contributed by atoms with Crippen LogP contribution in [0.5, 0.6) is 0 Å². The number of hydrogen-bond acceptors (Lipinski definition) is 10. The summed E-state index contributed by atoms with van der Waals surface area (Å²) in [5.74, 6) is 0.617. The predicted octanol–water partition coefficient (Wildman–Crippen LogP) is 5.41. The van der Waals surface area contributed by atoms with Crippen molar-refractivity contribution in [3.63, 3.8) is 0 Å². The molecule has 0 radical (unpaired) electrons. The number of ether oxygens (including phenoxy) is 4. The number of carbonyl (C=O) groups is 2. The van der Waals surface area contributed by atoms with Gasteiger partial charge in [0.15, 0.2) is 0 Å².